The number of carbonyl (C=O) groups is 2. The van der Waals surface area contributed by atoms with Gasteiger partial charge in [-0.25, -0.2) is 4.79 Å². The number of imide groups is 1. The van der Waals surface area contributed by atoms with Crippen LogP contribution in [0.4, 0.5) is 4.79 Å². The van der Waals surface area contributed by atoms with E-state index in [2.05, 4.69) is 5.32 Å². The van der Waals surface area contributed by atoms with Gasteiger partial charge in [0.25, 0.3) is 0 Å². The molecule has 0 fully saturated rings. The van der Waals surface area contributed by atoms with Crippen molar-refractivity contribution in [3.05, 3.63) is 71.8 Å². The number of carbonyl (C=O) groups excluding carboxylic acids is 2. The molecule has 2 aromatic carbocycles. The first-order chi connectivity index (χ1) is 11.8. The third-order valence-corrected chi connectivity index (χ3v) is 3.42. The molecule has 0 aliphatic carbocycles. The van der Waals surface area contributed by atoms with Crippen molar-refractivity contribution in [1.29, 1.82) is 0 Å². The number of rotatable bonds is 3. The highest BCUT2D eigenvalue weighted by atomic mass is 35.5. The van der Waals surface area contributed by atoms with Gasteiger partial charge in [0.05, 0.1) is 0 Å². The van der Waals surface area contributed by atoms with E-state index in [1.54, 1.807) is 20.8 Å². The number of ether oxygens (including phenoxy) is 1. The van der Waals surface area contributed by atoms with Gasteiger partial charge in [-0.15, -0.1) is 11.6 Å². The lowest BCUT2D eigenvalue weighted by Crippen LogP contribution is -2.39. The standard InChI is InChI=1S/C13H17NO3.C7H7Cl/c1-13(2,3)11(15)14-12(16)17-9-10-7-5-4-6-8-10;8-6-7-4-2-1-3-5-7/h4-8H,9H2,1-3H3,(H,14,15,16);1-5H,6H2. The summed E-state index contributed by atoms with van der Waals surface area (Å²) in [5.41, 5.74) is 1.45. The minimum absolute atomic E-state index is 0.157. The Morgan fingerprint density at radius 1 is 0.920 bits per heavy atom. The third kappa shape index (κ3) is 8.91. The fourth-order valence-corrected chi connectivity index (χ4v) is 1.78. The van der Waals surface area contributed by atoms with Crippen molar-refractivity contribution in [3.63, 3.8) is 0 Å². The van der Waals surface area contributed by atoms with E-state index in [-0.39, 0.29) is 12.5 Å². The fourth-order valence-electron chi connectivity index (χ4n) is 1.61. The number of halogens is 1. The molecule has 0 radical (unpaired) electrons. The Hall–Kier alpha value is -2.33. The Labute approximate surface area is 154 Å². The van der Waals surface area contributed by atoms with Gasteiger partial charge in [0.1, 0.15) is 6.61 Å². The molecule has 2 rings (SSSR count). The van der Waals surface area contributed by atoms with E-state index in [0.717, 1.165) is 5.56 Å². The number of alkyl halides is 1. The minimum Gasteiger partial charge on any atom is -0.444 e. The summed E-state index contributed by atoms with van der Waals surface area (Å²) in [4.78, 5) is 22.8. The average Bonchev–Trinajstić information content (AvgIpc) is 2.61. The zero-order chi connectivity index (χ0) is 18.7. The predicted molar refractivity (Wildman–Crippen MR) is 100 cm³/mol. The summed E-state index contributed by atoms with van der Waals surface area (Å²) in [5, 5.41) is 2.19. The molecular formula is C20H24ClNO3. The zero-order valence-electron chi connectivity index (χ0n) is 14.8. The Morgan fingerprint density at radius 3 is 1.80 bits per heavy atom. The maximum atomic E-state index is 11.5. The van der Waals surface area contributed by atoms with Crippen LogP contribution < -0.4 is 5.32 Å². The van der Waals surface area contributed by atoms with Gasteiger partial charge < -0.3 is 4.74 Å². The molecule has 25 heavy (non-hydrogen) atoms. The highest BCUT2D eigenvalue weighted by molar-refractivity contribution is 6.17. The molecular weight excluding hydrogens is 338 g/mol. The normalized spacial score (nSPS) is 10.2. The topological polar surface area (TPSA) is 55.4 Å². The molecule has 1 N–H and O–H groups in total. The lowest BCUT2D eigenvalue weighted by atomic mass is 9.96. The summed E-state index contributed by atoms with van der Waals surface area (Å²) < 4.78 is 4.92. The zero-order valence-corrected chi connectivity index (χ0v) is 15.5. The van der Waals surface area contributed by atoms with Gasteiger partial charge in [-0.3, -0.25) is 10.1 Å². The lowest BCUT2D eigenvalue weighted by molar-refractivity contribution is -0.127. The molecule has 0 aliphatic heterocycles. The van der Waals surface area contributed by atoms with Crippen molar-refractivity contribution >= 4 is 23.6 Å². The van der Waals surface area contributed by atoms with Crippen molar-refractivity contribution in [2.24, 2.45) is 5.41 Å². The van der Waals surface area contributed by atoms with Crippen molar-refractivity contribution in [2.75, 3.05) is 0 Å². The van der Waals surface area contributed by atoms with Crippen molar-refractivity contribution < 1.29 is 14.3 Å². The second-order valence-electron chi connectivity index (χ2n) is 6.39. The van der Waals surface area contributed by atoms with Crippen LogP contribution in [0.1, 0.15) is 31.9 Å². The van der Waals surface area contributed by atoms with Crippen LogP contribution in [-0.2, 0) is 22.0 Å². The molecule has 2 amide bonds. The average molecular weight is 362 g/mol. The molecule has 0 heterocycles. The van der Waals surface area contributed by atoms with Crippen LogP contribution in [0.5, 0.6) is 0 Å². The summed E-state index contributed by atoms with van der Waals surface area (Å²) in [7, 11) is 0. The van der Waals surface area contributed by atoms with Crippen LogP contribution in [-0.4, -0.2) is 12.0 Å². The summed E-state index contributed by atoms with van der Waals surface area (Å²) in [6.07, 6.45) is -0.714. The van der Waals surface area contributed by atoms with Gasteiger partial charge in [0, 0.05) is 11.3 Å². The molecule has 0 aromatic heterocycles. The van der Waals surface area contributed by atoms with E-state index >= 15 is 0 Å². The second-order valence-corrected chi connectivity index (χ2v) is 6.65. The molecule has 0 atom stereocenters. The molecule has 0 aliphatic rings. The first-order valence-electron chi connectivity index (χ1n) is 7.95. The van der Waals surface area contributed by atoms with E-state index < -0.39 is 11.5 Å². The number of alkyl carbamates (subject to hydrolysis) is 1. The van der Waals surface area contributed by atoms with Crippen LogP contribution >= 0.6 is 11.6 Å². The Kier molecular flexibility index (Phi) is 8.71. The number of hydrogen-bond donors (Lipinski definition) is 1. The minimum atomic E-state index is -0.714. The lowest BCUT2D eigenvalue weighted by Gasteiger charge is -2.16. The van der Waals surface area contributed by atoms with Crippen molar-refractivity contribution in [3.8, 4) is 0 Å². The van der Waals surface area contributed by atoms with Gasteiger partial charge in [0.2, 0.25) is 5.91 Å². The molecule has 0 spiro atoms. The number of amides is 2. The highest BCUT2D eigenvalue weighted by Crippen LogP contribution is 2.12. The van der Waals surface area contributed by atoms with Crippen molar-refractivity contribution in [1.82, 2.24) is 5.32 Å². The van der Waals surface area contributed by atoms with Gasteiger partial charge >= 0.3 is 6.09 Å². The highest BCUT2D eigenvalue weighted by Gasteiger charge is 2.23. The molecule has 4 nitrogen and oxygen atoms in total. The molecule has 5 heteroatoms. The Bertz CT molecular complexity index is 652. The summed E-state index contributed by atoms with van der Waals surface area (Å²) in [6, 6.07) is 19.3. The molecule has 0 unspecified atom stereocenters. The summed E-state index contributed by atoms with van der Waals surface area (Å²) in [6.45, 7) is 5.34. The van der Waals surface area contributed by atoms with E-state index in [0.29, 0.717) is 5.88 Å². The number of hydrogen-bond acceptors (Lipinski definition) is 3. The van der Waals surface area contributed by atoms with Gasteiger partial charge in [-0.1, -0.05) is 81.4 Å². The fraction of sp³-hybridized carbons (Fsp3) is 0.300. The van der Waals surface area contributed by atoms with Gasteiger partial charge in [-0.2, -0.15) is 0 Å². The van der Waals surface area contributed by atoms with Crippen LogP contribution in [0.3, 0.4) is 0 Å². The molecule has 0 saturated heterocycles. The SMILES string of the molecule is CC(C)(C)C(=O)NC(=O)OCc1ccccc1.ClCc1ccccc1. The molecule has 134 valence electrons. The summed E-state index contributed by atoms with van der Waals surface area (Å²) >= 11 is 5.53. The molecule has 0 saturated carbocycles. The number of benzene rings is 2. The molecule has 2 aromatic rings. The maximum absolute atomic E-state index is 11.5. The third-order valence-electron chi connectivity index (χ3n) is 3.11. The van der Waals surface area contributed by atoms with Crippen molar-refractivity contribution in [2.45, 2.75) is 33.3 Å². The first-order valence-corrected chi connectivity index (χ1v) is 8.48. The first kappa shape index (κ1) is 20.7. The van der Waals surface area contributed by atoms with E-state index in [1.807, 2.05) is 60.7 Å². The number of nitrogens with one attached hydrogen (secondary N) is 1. The smallest absolute Gasteiger partial charge is 0.414 e. The Morgan fingerprint density at radius 2 is 1.40 bits per heavy atom. The quantitative estimate of drug-likeness (QED) is 0.790. The van der Waals surface area contributed by atoms with Crippen LogP contribution in [0.15, 0.2) is 60.7 Å². The van der Waals surface area contributed by atoms with E-state index in [9.17, 15) is 9.59 Å². The van der Waals surface area contributed by atoms with E-state index in [1.165, 1.54) is 5.56 Å². The second kappa shape index (κ2) is 10.5. The van der Waals surface area contributed by atoms with Gasteiger partial charge in [-0.05, 0) is 11.1 Å². The monoisotopic (exact) mass is 361 g/mol. The van der Waals surface area contributed by atoms with Crippen LogP contribution in [0, 0.1) is 5.41 Å². The maximum Gasteiger partial charge on any atom is 0.414 e. The largest absolute Gasteiger partial charge is 0.444 e. The summed E-state index contributed by atoms with van der Waals surface area (Å²) in [5.74, 6) is 0.261. The van der Waals surface area contributed by atoms with Gasteiger partial charge in [0.15, 0.2) is 0 Å². The van der Waals surface area contributed by atoms with Crippen LogP contribution in [0.2, 0.25) is 0 Å². The molecule has 0 bridgehead atoms. The Balaban J connectivity index is 0.000000324. The van der Waals surface area contributed by atoms with E-state index in [4.69, 9.17) is 16.3 Å². The van der Waals surface area contributed by atoms with Crippen LogP contribution in [0.25, 0.3) is 0 Å². The predicted octanol–water partition coefficient (Wildman–Crippen LogP) is 4.91.